The molecule has 104 valence electrons. The Morgan fingerprint density at radius 1 is 1.42 bits per heavy atom. The van der Waals surface area contributed by atoms with Crippen LogP contribution in [-0.2, 0) is 0 Å². The predicted octanol–water partition coefficient (Wildman–Crippen LogP) is 2.35. The van der Waals surface area contributed by atoms with Gasteiger partial charge >= 0.3 is 0 Å². The van der Waals surface area contributed by atoms with Crippen molar-refractivity contribution in [2.75, 3.05) is 32.3 Å². The summed E-state index contributed by atoms with van der Waals surface area (Å²) in [6, 6.07) is 3.38. The fourth-order valence-electron chi connectivity index (χ4n) is 2.01. The van der Waals surface area contributed by atoms with Crippen LogP contribution in [0.4, 0.5) is 0 Å². The molecular weight excluding hydrogens is 330 g/mol. The summed E-state index contributed by atoms with van der Waals surface area (Å²) >= 11 is 5.21. The van der Waals surface area contributed by atoms with Crippen molar-refractivity contribution < 1.29 is 14.3 Å². The molecule has 1 unspecified atom stereocenters. The van der Waals surface area contributed by atoms with E-state index in [1.54, 1.807) is 38.1 Å². The van der Waals surface area contributed by atoms with Crippen molar-refractivity contribution >= 4 is 33.5 Å². The van der Waals surface area contributed by atoms with Crippen molar-refractivity contribution in [2.24, 2.45) is 0 Å². The first-order valence-electron chi connectivity index (χ1n) is 5.95. The molecule has 4 nitrogen and oxygen atoms in total. The first-order valence-corrected chi connectivity index (χ1v) is 7.89. The smallest absolute Gasteiger partial charge is 0.184 e. The largest absolute Gasteiger partial charge is 0.495 e. The van der Waals surface area contributed by atoms with Crippen LogP contribution in [0.3, 0.4) is 0 Å². The number of thioether (sulfide) groups is 1. The molecule has 1 aromatic carbocycles. The number of rotatable bonds is 4. The molecule has 0 radical (unpaired) electrons. The van der Waals surface area contributed by atoms with E-state index in [0.717, 1.165) is 18.1 Å². The van der Waals surface area contributed by atoms with E-state index in [0.29, 0.717) is 21.5 Å². The normalized spacial score (nSPS) is 19.0. The minimum absolute atomic E-state index is 0.0624. The van der Waals surface area contributed by atoms with Crippen LogP contribution in [0.2, 0.25) is 0 Å². The van der Waals surface area contributed by atoms with Crippen LogP contribution in [0.15, 0.2) is 16.6 Å². The fraction of sp³-hybridized carbons (Fsp3) is 0.462. The predicted molar refractivity (Wildman–Crippen MR) is 80.7 cm³/mol. The van der Waals surface area contributed by atoms with Crippen LogP contribution < -0.4 is 14.8 Å². The molecule has 2 rings (SSSR count). The zero-order chi connectivity index (χ0) is 13.8. The molecule has 0 aliphatic carbocycles. The maximum atomic E-state index is 12.5. The number of carbonyl (C=O) groups excluding carboxylic acids is 1. The van der Waals surface area contributed by atoms with E-state index in [2.05, 4.69) is 21.2 Å². The molecule has 1 aliphatic rings. The number of halogens is 1. The maximum absolute atomic E-state index is 12.5. The number of nitrogens with one attached hydrogen (secondary N) is 1. The summed E-state index contributed by atoms with van der Waals surface area (Å²) in [6.45, 7) is 0.862. The van der Waals surface area contributed by atoms with Gasteiger partial charge in [-0.3, -0.25) is 4.79 Å². The minimum atomic E-state index is -0.145. The van der Waals surface area contributed by atoms with Crippen molar-refractivity contribution in [1.29, 1.82) is 0 Å². The highest BCUT2D eigenvalue weighted by atomic mass is 79.9. The molecule has 1 heterocycles. The molecule has 0 amide bonds. The van der Waals surface area contributed by atoms with Gasteiger partial charge in [0.05, 0.1) is 25.8 Å². The number of ether oxygens (including phenoxy) is 2. The van der Waals surface area contributed by atoms with E-state index < -0.39 is 0 Å². The molecule has 1 N–H and O–H groups in total. The van der Waals surface area contributed by atoms with Gasteiger partial charge in [-0.05, 0) is 28.1 Å². The van der Waals surface area contributed by atoms with Crippen LogP contribution in [0.25, 0.3) is 0 Å². The topological polar surface area (TPSA) is 47.6 Å². The lowest BCUT2D eigenvalue weighted by atomic mass is 10.0. The molecule has 0 spiro atoms. The Bertz CT molecular complexity index is 475. The van der Waals surface area contributed by atoms with Gasteiger partial charge in [-0.25, -0.2) is 0 Å². The van der Waals surface area contributed by atoms with Gasteiger partial charge in [0.25, 0.3) is 0 Å². The van der Waals surface area contributed by atoms with Crippen molar-refractivity contribution in [3.05, 3.63) is 22.2 Å². The van der Waals surface area contributed by atoms with Crippen LogP contribution >= 0.6 is 27.7 Å². The number of ketones is 1. The molecule has 1 saturated heterocycles. The number of carbonyl (C=O) groups is 1. The Morgan fingerprint density at radius 3 is 2.79 bits per heavy atom. The van der Waals surface area contributed by atoms with E-state index in [1.165, 1.54) is 0 Å². The molecule has 1 fully saturated rings. The summed E-state index contributed by atoms with van der Waals surface area (Å²) in [5.41, 5.74) is 0.579. The molecule has 0 saturated carbocycles. The highest BCUT2D eigenvalue weighted by Gasteiger charge is 2.26. The lowest BCUT2D eigenvalue weighted by molar-refractivity contribution is 0.0950. The molecule has 6 heteroatoms. The molecule has 1 aliphatic heterocycles. The Hall–Kier alpha value is -0.720. The number of methoxy groups -OCH3 is 2. The lowest BCUT2D eigenvalue weighted by Gasteiger charge is -2.23. The first kappa shape index (κ1) is 14.7. The van der Waals surface area contributed by atoms with E-state index in [1.807, 2.05) is 0 Å². The third-order valence-electron chi connectivity index (χ3n) is 2.99. The van der Waals surface area contributed by atoms with Gasteiger partial charge < -0.3 is 14.8 Å². The highest BCUT2D eigenvalue weighted by molar-refractivity contribution is 9.10. The fourth-order valence-corrected chi connectivity index (χ4v) is 3.61. The molecule has 1 atom stereocenters. The second-order valence-electron chi connectivity index (χ2n) is 4.11. The van der Waals surface area contributed by atoms with Crippen LogP contribution in [-0.4, -0.2) is 44.1 Å². The van der Waals surface area contributed by atoms with Crippen molar-refractivity contribution in [3.8, 4) is 11.5 Å². The summed E-state index contributed by atoms with van der Waals surface area (Å²) in [7, 11) is 3.14. The van der Waals surface area contributed by atoms with Gasteiger partial charge in [0.1, 0.15) is 16.0 Å². The van der Waals surface area contributed by atoms with E-state index in [-0.39, 0.29) is 11.8 Å². The lowest BCUT2D eigenvalue weighted by Crippen LogP contribution is -2.43. The zero-order valence-electron chi connectivity index (χ0n) is 10.9. The van der Waals surface area contributed by atoms with E-state index in [4.69, 9.17) is 9.47 Å². The van der Waals surface area contributed by atoms with Crippen LogP contribution in [0.1, 0.15) is 10.4 Å². The van der Waals surface area contributed by atoms with Crippen LogP contribution in [0.5, 0.6) is 11.5 Å². The summed E-state index contributed by atoms with van der Waals surface area (Å²) in [5, 5.41) is 3.24. The second kappa shape index (κ2) is 6.63. The summed E-state index contributed by atoms with van der Waals surface area (Å²) in [6.07, 6.45) is 0. The molecule has 0 bridgehead atoms. The van der Waals surface area contributed by atoms with Gasteiger partial charge in [0, 0.05) is 18.1 Å². The first-order chi connectivity index (χ1) is 9.19. The summed E-state index contributed by atoms with van der Waals surface area (Å²) < 4.78 is 11.2. The van der Waals surface area contributed by atoms with E-state index in [9.17, 15) is 4.79 Å². The average molecular weight is 346 g/mol. The second-order valence-corrected chi connectivity index (χ2v) is 6.05. The highest BCUT2D eigenvalue weighted by Crippen LogP contribution is 2.37. The third-order valence-corrected chi connectivity index (χ3v) is 4.80. The van der Waals surface area contributed by atoms with Gasteiger partial charge in [-0.15, -0.1) is 0 Å². The standard InChI is InChI=1S/C13H16BrNO3S/c1-17-10-4-3-8(13(18-2)11(10)14)12(16)9-7-19-6-5-15-9/h3-4,9,15H,5-7H2,1-2H3. The minimum Gasteiger partial charge on any atom is -0.495 e. The number of benzene rings is 1. The van der Waals surface area contributed by atoms with Gasteiger partial charge in [0.15, 0.2) is 5.78 Å². The maximum Gasteiger partial charge on any atom is 0.184 e. The van der Waals surface area contributed by atoms with Gasteiger partial charge in [-0.1, -0.05) is 0 Å². The quantitative estimate of drug-likeness (QED) is 0.848. The van der Waals surface area contributed by atoms with Crippen molar-refractivity contribution in [3.63, 3.8) is 0 Å². The van der Waals surface area contributed by atoms with Crippen molar-refractivity contribution in [2.45, 2.75) is 6.04 Å². The molecule has 0 aromatic heterocycles. The monoisotopic (exact) mass is 345 g/mol. The van der Waals surface area contributed by atoms with Gasteiger partial charge in [0.2, 0.25) is 0 Å². The molecule has 19 heavy (non-hydrogen) atoms. The third kappa shape index (κ3) is 3.07. The Labute approximate surface area is 125 Å². The van der Waals surface area contributed by atoms with Gasteiger partial charge in [-0.2, -0.15) is 11.8 Å². The average Bonchev–Trinajstić information content (AvgIpc) is 2.47. The summed E-state index contributed by atoms with van der Waals surface area (Å²) in [5.74, 6) is 3.09. The number of hydrogen-bond acceptors (Lipinski definition) is 5. The SMILES string of the molecule is COc1ccc(C(=O)C2CSCCN2)c(OC)c1Br. The molecular formula is C13H16BrNO3S. The van der Waals surface area contributed by atoms with E-state index >= 15 is 0 Å². The Balaban J connectivity index is 2.33. The Kier molecular flexibility index (Phi) is 5.13. The molecule has 1 aromatic rings. The van der Waals surface area contributed by atoms with Crippen molar-refractivity contribution in [1.82, 2.24) is 5.32 Å². The zero-order valence-corrected chi connectivity index (χ0v) is 13.3. The van der Waals surface area contributed by atoms with Crippen LogP contribution in [0, 0.1) is 0 Å². The summed E-state index contributed by atoms with van der Waals surface area (Å²) in [4.78, 5) is 12.5. The number of Topliss-reactive ketones (excluding diaryl/α,β-unsaturated/α-hetero) is 1. The Morgan fingerprint density at radius 2 is 2.21 bits per heavy atom. The number of hydrogen-bond donors (Lipinski definition) is 1.